The number of hydrogen-bond acceptors (Lipinski definition) is 6. The molecule has 0 bridgehead atoms. The lowest BCUT2D eigenvalue weighted by Gasteiger charge is -2.06. The lowest BCUT2D eigenvalue weighted by molar-refractivity contribution is -0.139. The molecule has 2 aromatic rings. The van der Waals surface area contributed by atoms with Gasteiger partial charge in [-0.25, -0.2) is 9.59 Å². The van der Waals surface area contributed by atoms with Gasteiger partial charge in [0, 0.05) is 23.3 Å². The molecule has 0 atom stereocenters. The number of benzene rings is 2. The molecule has 0 radical (unpaired) electrons. The van der Waals surface area contributed by atoms with E-state index >= 15 is 0 Å². The molecule has 0 aliphatic carbocycles. The Bertz CT molecular complexity index is 949. The highest BCUT2D eigenvalue weighted by molar-refractivity contribution is 5.81. The van der Waals surface area contributed by atoms with Gasteiger partial charge in [-0.05, 0) is 61.4 Å². The SMILES string of the molecule is C=CC(=O)OCCCCOc1ccc(C#Cc2ccc(OCCOC(=O)C=C)cc2)cc1. The molecule has 0 unspecified atom stereocenters. The molecule has 0 amide bonds. The fraction of sp³-hybridized carbons (Fsp3) is 0.231. The molecule has 0 aliphatic heterocycles. The van der Waals surface area contributed by atoms with E-state index < -0.39 is 11.9 Å². The molecule has 2 rings (SSSR count). The summed E-state index contributed by atoms with van der Waals surface area (Å²) in [5.41, 5.74) is 1.73. The zero-order valence-corrected chi connectivity index (χ0v) is 17.9. The first-order valence-corrected chi connectivity index (χ1v) is 10.2. The van der Waals surface area contributed by atoms with Crippen molar-refractivity contribution in [2.75, 3.05) is 26.4 Å². The van der Waals surface area contributed by atoms with Crippen molar-refractivity contribution in [3.63, 3.8) is 0 Å². The zero-order chi connectivity index (χ0) is 23.0. The van der Waals surface area contributed by atoms with Gasteiger partial charge in [-0.3, -0.25) is 0 Å². The number of carbonyl (C=O) groups excluding carboxylic acids is 2. The fourth-order valence-electron chi connectivity index (χ4n) is 2.40. The number of rotatable bonds is 12. The average molecular weight is 434 g/mol. The zero-order valence-electron chi connectivity index (χ0n) is 17.9. The monoisotopic (exact) mass is 434 g/mol. The standard InChI is InChI=1S/C26H26O6/c1-3-25(27)31-18-6-5-17-29-23-13-9-21(10-14-23)7-8-22-11-15-24(16-12-22)30-19-20-32-26(28)4-2/h3-4,9-16H,1-2,5-6,17-20H2. The van der Waals surface area contributed by atoms with E-state index in [1.165, 1.54) is 0 Å². The predicted octanol–water partition coefficient (Wildman–Crippen LogP) is 4.08. The molecule has 0 saturated heterocycles. The Morgan fingerprint density at radius 1 is 0.656 bits per heavy atom. The maximum atomic E-state index is 10.9. The second kappa shape index (κ2) is 14.1. The average Bonchev–Trinajstić information content (AvgIpc) is 2.83. The number of ether oxygens (including phenoxy) is 4. The van der Waals surface area contributed by atoms with Crippen molar-refractivity contribution in [2.24, 2.45) is 0 Å². The molecule has 6 nitrogen and oxygen atoms in total. The first-order valence-electron chi connectivity index (χ1n) is 10.2. The van der Waals surface area contributed by atoms with Gasteiger partial charge in [0.05, 0.1) is 13.2 Å². The van der Waals surface area contributed by atoms with Gasteiger partial charge in [-0.15, -0.1) is 0 Å². The van der Waals surface area contributed by atoms with Crippen LogP contribution in [-0.4, -0.2) is 38.4 Å². The maximum absolute atomic E-state index is 10.9. The summed E-state index contributed by atoms with van der Waals surface area (Å²) in [5.74, 6) is 6.77. The van der Waals surface area contributed by atoms with E-state index in [0.29, 0.717) is 19.0 Å². The van der Waals surface area contributed by atoms with E-state index in [0.717, 1.165) is 41.9 Å². The van der Waals surface area contributed by atoms with Crippen molar-refractivity contribution in [1.29, 1.82) is 0 Å². The molecule has 0 heterocycles. The van der Waals surface area contributed by atoms with E-state index in [2.05, 4.69) is 25.0 Å². The third-order valence-electron chi connectivity index (χ3n) is 4.04. The van der Waals surface area contributed by atoms with Gasteiger partial charge in [-0.2, -0.15) is 0 Å². The van der Waals surface area contributed by atoms with Gasteiger partial charge in [0.2, 0.25) is 0 Å². The molecule has 2 aromatic carbocycles. The predicted molar refractivity (Wildman–Crippen MR) is 121 cm³/mol. The molecule has 0 saturated carbocycles. The molecule has 0 fully saturated rings. The van der Waals surface area contributed by atoms with Crippen LogP contribution in [0.15, 0.2) is 73.8 Å². The minimum Gasteiger partial charge on any atom is -0.494 e. The molecule has 32 heavy (non-hydrogen) atoms. The molecular weight excluding hydrogens is 408 g/mol. The summed E-state index contributed by atoms with van der Waals surface area (Å²) < 4.78 is 20.9. The second-order valence-electron chi connectivity index (χ2n) is 6.45. The van der Waals surface area contributed by atoms with Crippen molar-refractivity contribution in [3.05, 3.63) is 85.0 Å². The fourth-order valence-corrected chi connectivity index (χ4v) is 2.40. The van der Waals surface area contributed by atoms with Crippen molar-refractivity contribution in [1.82, 2.24) is 0 Å². The Morgan fingerprint density at radius 3 is 1.59 bits per heavy atom. The Hall–Kier alpha value is -3.98. The molecular formula is C26H26O6. The van der Waals surface area contributed by atoms with Crippen LogP contribution in [0.4, 0.5) is 0 Å². The van der Waals surface area contributed by atoms with Crippen LogP contribution in [0.1, 0.15) is 24.0 Å². The van der Waals surface area contributed by atoms with E-state index in [1.807, 2.05) is 48.5 Å². The third-order valence-corrected chi connectivity index (χ3v) is 4.04. The lowest BCUT2D eigenvalue weighted by atomic mass is 10.2. The molecule has 0 aromatic heterocycles. The van der Waals surface area contributed by atoms with Crippen molar-refractivity contribution >= 4 is 11.9 Å². The summed E-state index contributed by atoms with van der Waals surface area (Å²) in [6.45, 7) is 8.01. The normalized spacial score (nSPS) is 9.62. The van der Waals surface area contributed by atoms with Crippen LogP contribution in [0, 0.1) is 11.8 Å². The van der Waals surface area contributed by atoms with E-state index in [4.69, 9.17) is 18.9 Å². The Balaban J connectivity index is 1.71. The van der Waals surface area contributed by atoms with Crippen LogP contribution in [0.2, 0.25) is 0 Å². The van der Waals surface area contributed by atoms with Gasteiger partial charge >= 0.3 is 11.9 Å². The molecule has 6 heteroatoms. The van der Waals surface area contributed by atoms with E-state index in [-0.39, 0.29) is 13.2 Å². The number of hydrogen-bond donors (Lipinski definition) is 0. The van der Waals surface area contributed by atoms with Gasteiger partial charge < -0.3 is 18.9 Å². The molecule has 0 aliphatic rings. The minimum atomic E-state index is -0.470. The van der Waals surface area contributed by atoms with Gasteiger partial charge in [0.1, 0.15) is 24.7 Å². The summed E-state index contributed by atoms with van der Waals surface area (Å²) in [4.78, 5) is 21.9. The topological polar surface area (TPSA) is 71.1 Å². The quantitative estimate of drug-likeness (QED) is 0.217. The minimum absolute atomic E-state index is 0.164. The Morgan fingerprint density at radius 2 is 1.09 bits per heavy atom. The van der Waals surface area contributed by atoms with Crippen LogP contribution in [0.5, 0.6) is 11.5 Å². The highest BCUT2D eigenvalue weighted by atomic mass is 16.6. The number of unbranched alkanes of at least 4 members (excludes halogenated alkanes) is 1. The summed E-state index contributed by atoms with van der Waals surface area (Å²) in [5, 5.41) is 0. The van der Waals surface area contributed by atoms with Gasteiger partial charge in [-0.1, -0.05) is 25.0 Å². The maximum Gasteiger partial charge on any atom is 0.330 e. The largest absolute Gasteiger partial charge is 0.494 e. The van der Waals surface area contributed by atoms with Gasteiger partial charge in [0.25, 0.3) is 0 Å². The van der Waals surface area contributed by atoms with Crippen molar-refractivity contribution in [2.45, 2.75) is 12.8 Å². The first-order chi connectivity index (χ1) is 15.6. The van der Waals surface area contributed by atoms with E-state index in [1.54, 1.807) is 0 Å². The van der Waals surface area contributed by atoms with Crippen LogP contribution >= 0.6 is 0 Å². The van der Waals surface area contributed by atoms with Crippen molar-refractivity contribution in [3.8, 4) is 23.3 Å². The highest BCUT2D eigenvalue weighted by Crippen LogP contribution is 2.14. The Kier molecular flexibility index (Phi) is 10.7. The molecule has 166 valence electrons. The number of carbonyl (C=O) groups is 2. The van der Waals surface area contributed by atoms with Crippen molar-refractivity contribution < 1.29 is 28.5 Å². The summed E-state index contributed by atoms with van der Waals surface area (Å²) >= 11 is 0. The molecule has 0 N–H and O–H groups in total. The lowest BCUT2D eigenvalue weighted by Crippen LogP contribution is -2.10. The summed E-state index contributed by atoms with van der Waals surface area (Å²) in [6, 6.07) is 14.9. The smallest absolute Gasteiger partial charge is 0.330 e. The van der Waals surface area contributed by atoms with Crippen LogP contribution < -0.4 is 9.47 Å². The highest BCUT2D eigenvalue weighted by Gasteiger charge is 1.99. The number of esters is 2. The third kappa shape index (κ3) is 9.68. The van der Waals surface area contributed by atoms with Crippen LogP contribution in [-0.2, 0) is 19.1 Å². The summed E-state index contributed by atoms with van der Waals surface area (Å²) in [6.07, 6.45) is 3.78. The summed E-state index contributed by atoms with van der Waals surface area (Å²) in [7, 11) is 0. The second-order valence-corrected chi connectivity index (χ2v) is 6.45. The van der Waals surface area contributed by atoms with Crippen LogP contribution in [0.3, 0.4) is 0 Å². The Labute approximate surface area is 188 Å². The van der Waals surface area contributed by atoms with Crippen LogP contribution in [0.25, 0.3) is 0 Å². The molecule has 0 spiro atoms. The van der Waals surface area contributed by atoms with Gasteiger partial charge in [0.15, 0.2) is 0 Å². The van der Waals surface area contributed by atoms with E-state index in [9.17, 15) is 9.59 Å². The first kappa shape index (κ1) is 24.3.